The molecule has 5 rings (SSSR count). The molecule has 39 heavy (non-hydrogen) atoms. The van der Waals surface area contributed by atoms with Gasteiger partial charge in [0, 0.05) is 38.0 Å². The highest BCUT2D eigenvalue weighted by molar-refractivity contribution is 7.98. The van der Waals surface area contributed by atoms with E-state index in [2.05, 4.69) is 48.8 Å². The van der Waals surface area contributed by atoms with Crippen LogP contribution in [0, 0.1) is 20.8 Å². The largest absolute Gasteiger partial charge is 0.360 e. The number of benzene rings is 2. The van der Waals surface area contributed by atoms with Crippen molar-refractivity contribution in [3.8, 4) is 11.3 Å². The third kappa shape index (κ3) is 5.47. The predicted octanol–water partition coefficient (Wildman–Crippen LogP) is 5.61. The second kappa shape index (κ2) is 11.4. The maximum Gasteiger partial charge on any atom is 0.259 e. The van der Waals surface area contributed by atoms with Crippen LogP contribution in [0.15, 0.2) is 47.0 Å². The van der Waals surface area contributed by atoms with Crippen LogP contribution in [0.1, 0.15) is 52.1 Å². The van der Waals surface area contributed by atoms with Crippen molar-refractivity contribution in [3.05, 3.63) is 75.5 Å². The zero-order valence-corrected chi connectivity index (χ0v) is 24.5. The fraction of sp³-hybridized carbons (Fsp3) is 0.433. The molecule has 9 heteroatoms. The standard InChI is InChI=1S/C30H35ClN4O3S/c1-19-15-20(2)17-22(16-19)18-35-28(36)25(9-14-39-4)32-30(35)10-12-34(13-11-30)29(37)26-21(3)38-33-27(26)23-7-5-6-8-24(23)31/h5-8,15-17,25,32H,9-14,18H2,1-4H3. The monoisotopic (exact) mass is 566 g/mol. The molecule has 2 fully saturated rings. The van der Waals surface area contributed by atoms with Crippen molar-refractivity contribution < 1.29 is 14.1 Å². The lowest BCUT2D eigenvalue weighted by Gasteiger charge is -2.44. The summed E-state index contributed by atoms with van der Waals surface area (Å²) < 4.78 is 5.46. The number of rotatable bonds is 7. The van der Waals surface area contributed by atoms with E-state index >= 15 is 0 Å². The van der Waals surface area contributed by atoms with Crippen molar-refractivity contribution >= 4 is 35.2 Å². The molecule has 2 aliphatic heterocycles. The fourth-order valence-corrected chi connectivity index (χ4v) is 6.68. The van der Waals surface area contributed by atoms with Gasteiger partial charge in [-0.15, -0.1) is 0 Å². The van der Waals surface area contributed by atoms with Crippen molar-refractivity contribution in [2.45, 2.75) is 58.3 Å². The van der Waals surface area contributed by atoms with E-state index < -0.39 is 5.66 Å². The van der Waals surface area contributed by atoms with Gasteiger partial charge in [0.05, 0.1) is 16.7 Å². The van der Waals surface area contributed by atoms with Crippen LogP contribution in [0.3, 0.4) is 0 Å². The van der Waals surface area contributed by atoms with Crippen molar-refractivity contribution in [2.24, 2.45) is 0 Å². The van der Waals surface area contributed by atoms with Crippen LogP contribution in [0.2, 0.25) is 5.02 Å². The molecule has 1 atom stereocenters. The highest BCUT2D eigenvalue weighted by Gasteiger charge is 2.51. The Morgan fingerprint density at radius 3 is 2.51 bits per heavy atom. The van der Waals surface area contributed by atoms with Crippen LogP contribution in [0.25, 0.3) is 11.3 Å². The smallest absolute Gasteiger partial charge is 0.259 e. The van der Waals surface area contributed by atoms with Gasteiger partial charge in [-0.3, -0.25) is 14.9 Å². The number of hydrogen-bond acceptors (Lipinski definition) is 6. The Labute approximate surface area is 239 Å². The normalized spacial score (nSPS) is 18.8. The molecule has 1 N–H and O–H groups in total. The first-order valence-corrected chi connectivity index (χ1v) is 15.2. The molecule has 2 aliphatic rings. The summed E-state index contributed by atoms with van der Waals surface area (Å²) in [6.45, 7) is 7.52. The van der Waals surface area contributed by atoms with Gasteiger partial charge in [0.2, 0.25) is 5.91 Å². The summed E-state index contributed by atoms with van der Waals surface area (Å²) in [7, 11) is 0. The van der Waals surface area contributed by atoms with E-state index in [0.717, 1.165) is 17.7 Å². The van der Waals surface area contributed by atoms with Gasteiger partial charge in [-0.2, -0.15) is 11.8 Å². The van der Waals surface area contributed by atoms with Crippen LogP contribution in [-0.2, 0) is 11.3 Å². The van der Waals surface area contributed by atoms with Gasteiger partial charge >= 0.3 is 0 Å². The maximum absolute atomic E-state index is 13.8. The lowest BCUT2D eigenvalue weighted by atomic mass is 9.94. The number of amides is 2. The summed E-state index contributed by atoms with van der Waals surface area (Å²) in [4.78, 5) is 31.4. The third-order valence-corrected chi connectivity index (χ3v) is 8.81. The van der Waals surface area contributed by atoms with Gasteiger partial charge in [-0.05, 0) is 50.8 Å². The Balaban J connectivity index is 1.38. The zero-order valence-electron chi connectivity index (χ0n) is 22.9. The molecule has 2 amide bonds. The first kappa shape index (κ1) is 27.7. The minimum atomic E-state index is -0.482. The number of halogens is 1. The van der Waals surface area contributed by atoms with Gasteiger partial charge < -0.3 is 14.3 Å². The molecule has 0 aliphatic carbocycles. The quantitative estimate of drug-likeness (QED) is 0.401. The van der Waals surface area contributed by atoms with E-state index in [-0.39, 0.29) is 17.9 Å². The number of carbonyl (C=O) groups excluding carboxylic acids is 2. The number of hydrogen-bond donors (Lipinski definition) is 1. The van der Waals surface area contributed by atoms with Gasteiger partial charge in [-0.25, -0.2) is 0 Å². The van der Waals surface area contributed by atoms with Crippen LogP contribution >= 0.6 is 23.4 Å². The Kier molecular flexibility index (Phi) is 8.08. The molecule has 1 spiro atoms. The zero-order chi connectivity index (χ0) is 27.7. The number of aromatic nitrogens is 1. The Morgan fingerprint density at radius 2 is 1.85 bits per heavy atom. The van der Waals surface area contributed by atoms with Crippen molar-refractivity contribution in [1.82, 2.24) is 20.3 Å². The first-order valence-electron chi connectivity index (χ1n) is 13.4. The number of piperidine rings is 1. The van der Waals surface area contributed by atoms with E-state index in [4.69, 9.17) is 16.1 Å². The molecule has 1 aromatic heterocycles. The third-order valence-electron chi connectivity index (χ3n) is 7.84. The molecule has 0 bridgehead atoms. The van der Waals surface area contributed by atoms with Gasteiger partial charge in [0.15, 0.2) is 0 Å². The van der Waals surface area contributed by atoms with Crippen molar-refractivity contribution in [3.63, 3.8) is 0 Å². The summed E-state index contributed by atoms with van der Waals surface area (Å²) in [6, 6.07) is 13.6. The highest BCUT2D eigenvalue weighted by Crippen LogP contribution is 2.37. The molecule has 1 unspecified atom stereocenters. The summed E-state index contributed by atoms with van der Waals surface area (Å²) in [5, 5.41) is 8.42. The van der Waals surface area contributed by atoms with Crippen molar-refractivity contribution in [2.75, 3.05) is 25.1 Å². The predicted molar refractivity (Wildman–Crippen MR) is 156 cm³/mol. The summed E-state index contributed by atoms with van der Waals surface area (Å²) in [5.74, 6) is 1.42. The number of nitrogens with one attached hydrogen (secondary N) is 1. The summed E-state index contributed by atoms with van der Waals surface area (Å²) in [5.41, 5.74) is 4.62. The van der Waals surface area contributed by atoms with Gasteiger partial charge in [-0.1, -0.05) is 64.3 Å². The van der Waals surface area contributed by atoms with Crippen LogP contribution in [0.5, 0.6) is 0 Å². The molecular weight excluding hydrogens is 532 g/mol. The molecule has 2 aromatic carbocycles. The number of likely N-dealkylation sites (tertiary alicyclic amines) is 1. The molecule has 206 valence electrons. The minimum absolute atomic E-state index is 0.123. The molecule has 0 radical (unpaired) electrons. The number of carbonyl (C=O) groups is 2. The Morgan fingerprint density at radius 1 is 1.15 bits per heavy atom. The lowest BCUT2D eigenvalue weighted by Crippen LogP contribution is -2.59. The fourth-order valence-electron chi connectivity index (χ4n) is 5.98. The lowest BCUT2D eigenvalue weighted by molar-refractivity contribution is -0.134. The maximum atomic E-state index is 13.8. The van der Waals surface area contributed by atoms with E-state index in [1.165, 1.54) is 11.1 Å². The summed E-state index contributed by atoms with van der Waals surface area (Å²) in [6.07, 6.45) is 4.15. The molecule has 0 saturated carbocycles. The Hall–Kier alpha value is -2.81. The molecule has 7 nitrogen and oxygen atoms in total. The van der Waals surface area contributed by atoms with Gasteiger partial charge in [0.25, 0.3) is 5.91 Å². The van der Waals surface area contributed by atoms with Crippen LogP contribution in [-0.4, -0.2) is 63.6 Å². The van der Waals surface area contributed by atoms with E-state index in [1.54, 1.807) is 24.8 Å². The first-order chi connectivity index (χ1) is 18.7. The number of thioether (sulfide) groups is 1. The second-order valence-corrected chi connectivity index (χ2v) is 12.1. The van der Waals surface area contributed by atoms with Crippen LogP contribution in [0.4, 0.5) is 0 Å². The average molecular weight is 567 g/mol. The summed E-state index contributed by atoms with van der Waals surface area (Å²) >= 11 is 8.18. The number of aryl methyl sites for hydroxylation is 3. The molecule has 2 saturated heterocycles. The number of nitrogens with zero attached hydrogens (tertiary/aromatic N) is 3. The molecule has 3 aromatic rings. The minimum Gasteiger partial charge on any atom is -0.360 e. The topological polar surface area (TPSA) is 78.7 Å². The average Bonchev–Trinajstić information content (AvgIpc) is 3.40. The van der Waals surface area contributed by atoms with E-state index in [9.17, 15) is 9.59 Å². The SMILES string of the molecule is CSCCC1NC2(CCN(C(=O)c3c(-c4ccccc4Cl)noc3C)CC2)N(Cc2cc(C)cc(C)c2)C1=O. The Bertz CT molecular complexity index is 1360. The molecule has 3 heterocycles. The second-order valence-electron chi connectivity index (χ2n) is 10.7. The molecular formula is C30H35ClN4O3S. The van der Waals surface area contributed by atoms with E-state index in [0.29, 0.717) is 60.1 Å². The van der Waals surface area contributed by atoms with E-state index in [1.807, 2.05) is 28.0 Å². The van der Waals surface area contributed by atoms with Crippen LogP contribution < -0.4 is 5.32 Å². The van der Waals surface area contributed by atoms with Gasteiger partial charge in [0.1, 0.15) is 17.0 Å². The van der Waals surface area contributed by atoms with Crippen molar-refractivity contribution in [1.29, 1.82) is 0 Å². The highest BCUT2D eigenvalue weighted by atomic mass is 35.5.